The van der Waals surface area contributed by atoms with E-state index in [1.54, 1.807) is 7.11 Å². The largest absolute Gasteiger partial charge is 0.497 e. The Morgan fingerprint density at radius 3 is 2.70 bits per heavy atom. The predicted molar refractivity (Wildman–Crippen MR) is 121 cm³/mol. The first-order chi connectivity index (χ1) is 14.7. The fraction of sp³-hybridized carbons (Fsp3) is 0.556. The van der Waals surface area contributed by atoms with E-state index < -0.39 is 0 Å². The Labute approximate surface area is 181 Å². The van der Waals surface area contributed by atoms with Gasteiger partial charge in [-0.25, -0.2) is 0 Å². The topological polar surface area (TPSA) is 21.7 Å². The summed E-state index contributed by atoms with van der Waals surface area (Å²) in [6.07, 6.45) is 6.37. The monoisotopic (exact) mass is 405 g/mol. The molecule has 5 rings (SSSR count). The van der Waals surface area contributed by atoms with Gasteiger partial charge in [0.15, 0.2) is 0 Å². The van der Waals surface area contributed by atoms with Gasteiger partial charge in [-0.2, -0.15) is 0 Å². The van der Waals surface area contributed by atoms with Gasteiger partial charge in [-0.3, -0.25) is 4.90 Å². The number of ether oxygens (including phenoxy) is 2. The van der Waals surface area contributed by atoms with Crippen molar-refractivity contribution in [1.29, 1.82) is 0 Å². The molecule has 0 amide bonds. The Balaban J connectivity index is 1.37. The fourth-order valence-corrected chi connectivity index (χ4v) is 6.02. The lowest BCUT2D eigenvalue weighted by Crippen LogP contribution is -2.59. The number of likely N-dealkylation sites (tertiary alicyclic amines) is 1. The van der Waals surface area contributed by atoms with Crippen molar-refractivity contribution in [2.75, 3.05) is 26.8 Å². The Morgan fingerprint density at radius 2 is 1.93 bits per heavy atom. The highest BCUT2D eigenvalue weighted by atomic mass is 16.5. The summed E-state index contributed by atoms with van der Waals surface area (Å²) in [5, 5.41) is 0. The Bertz CT molecular complexity index is 862. The predicted octanol–water partition coefficient (Wildman–Crippen LogP) is 5.22. The molecule has 2 fully saturated rings. The quantitative estimate of drug-likeness (QED) is 0.562. The van der Waals surface area contributed by atoms with Crippen LogP contribution in [0, 0.1) is 11.8 Å². The van der Waals surface area contributed by atoms with Crippen LogP contribution >= 0.6 is 0 Å². The van der Waals surface area contributed by atoms with Crippen molar-refractivity contribution < 1.29 is 9.47 Å². The van der Waals surface area contributed by atoms with Crippen molar-refractivity contribution in [2.24, 2.45) is 11.8 Å². The van der Waals surface area contributed by atoms with Crippen LogP contribution in [0.5, 0.6) is 5.75 Å². The molecule has 1 saturated heterocycles. The zero-order chi connectivity index (χ0) is 20.6. The molecule has 30 heavy (non-hydrogen) atoms. The molecule has 3 nitrogen and oxygen atoms in total. The lowest BCUT2D eigenvalue weighted by Gasteiger charge is -2.56. The van der Waals surface area contributed by atoms with Gasteiger partial charge < -0.3 is 9.47 Å². The van der Waals surface area contributed by atoms with E-state index in [9.17, 15) is 0 Å². The SMILES string of the molecule is COc1ccc2c(c1)[C@]1(CCOCc3ccccc3)CCN(CC3CC3)C(C2)[C@H]1C. The van der Waals surface area contributed by atoms with Crippen molar-refractivity contribution in [2.45, 2.75) is 57.1 Å². The standard InChI is InChI=1S/C27H35NO2/c1-20-26-16-23-10-11-24(29-2)17-25(23)27(20,12-14-28(26)18-21-8-9-21)13-15-30-19-22-6-4-3-5-7-22/h3-7,10-11,17,20-21,26H,8-9,12-16,18-19H2,1-2H3/t20-,26?,27+/m1/s1. The van der Waals surface area contributed by atoms with Gasteiger partial charge >= 0.3 is 0 Å². The molecule has 1 saturated carbocycles. The van der Waals surface area contributed by atoms with Crippen LogP contribution in [-0.4, -0.2) is 37.7 Å². The number of hydrogen-bond donors (Lipinski definition) is 0. The number of fused-ring (bicyclic) bond motifs is 4. The number of rotatable bonds is 8. The molecule has 160 valence electrons. The van der Waals surface area contributed by atoms with Crippen LogP contribution in [-0.2, 0) is 23.2 Å². The van der Waals surface area contributed by atoms with Gasteiger partial charge in [-0.05, 0) is 79.3 Å². The molecule has 3 atom stereocenters. The average Bonchev–Trinajstić information content (AvgIpc) is 3.59. The molecule has 3 aliphatic rings. The maximum Gasteiger partial charge on any atom is 0.119 e. The van der Waals surface area contributed by atoms with Crippen LogP contribution < -0.4 is 4.74 Å². The van der Waals surface area contributed by atoms with Crippen LogP contribution in [0.15, 0.2) is 48.5 Å². The highest BCUT2D eigenvalue weighted by Crippen LogP contribution is 2.52. The van der Waals surface area contributed by atoms with Gasteiger partial charge in [0.25, 0.3) is 0 Å². The number of methoxy groups -OCH3 is 1. The molecule has 0 spiro atoms. The molecule has 2 aromatic rings. The normalized spacial score (nSPS) is 28.2. The molecule has 2 aromatic carbocycles. The molecule has 2 aliphatic carbocycles. The van der Waals surface area contributed by atoms with Crippen molar-refractivity contribution >= 4 is 0 Å². The van der Waals surface area contributed by atoms with Gasteiger partial charge in [0.1, 0.15) is 5.75 Å². The van der Waals surface area contributed by atoms with Crippen LogP contribution in [0.2, 0.25) is 0 Å². The molecule has 0 aromatic heterocycles. The molecule has 1 aliphatic heterocycles. The van der Waals surface area contributed by atoms with Gasteiger partial charge in [0.2, 0.25) is 0 Å². The minimum absolute atomic E-state index is 0.198. The van der Waals surface area contributed by atoms with Crippen molar-refractivity contribution in [3.63, 3.8) is 0 Å². The highest BCUT2D eigenvalue weighted by Gasteiger charge is 2.51. The molecule has 2 bridgehead atoms. The first-order valence-corrected chi connectivity index (χ1v) is 11.7. The summed E-state index contributed by atoms with van der Waals surface area (Å²) in [4.78, 5) is 2.82. The molecular formula is C27H35NO2. The third-order valence-electron chi connectivity index (χ3n) is 8.04. The third kappa shape index (κ3) is 3.78. The molecule has 1 heterocycles. The van der Waals surface area contributed by atoms with Gasteiger partial charge in [-0.1, -0.05) is 43.3 Å². The molecule has 3 heteroatoms. The van der Waals surface area contributed by atoms with Gasteiger partial charge in [0, 0.05) is 24.6 Å². The summed E-state index contributed by atoms with van der Waals surface area (Å²) in [6, 6.07) is 18.0. The highest BCUT2D eigenvalue weighted by molar-refractivity contribution is 5.45. The maximum atomic E-state index is 6.19. The number of benzene rings is 2. The summed E-state index contributed by atoms with van der Waals surface area (Å²) in [6.45, 7) is 6.55. The Kier molecular flexibility index (Phi) is 5.59. The first kappa shape index (κ1) is 20.1. The van der Waals surface area contributed by atoms with Crippen LogP contribution in [0.3, 0.4) is 0 Å². The summed E-state index contributed by atoms with van der Waals surface area (Å²) in [5.41, 5.74) is 4.51. The van der Waals surface area contributed by atoms with Crippen molar-refractivity contribution in [3.05, 3.63) is 65.2 Å². The van der Waals surface area contributed by atoms with Gasteiger partial charge in [0.05, 0.1) is 13.7 Å². The zero-order valence-corrected chi connectivity index (χ0v) is 18.5. The van der Waals surface area contributed by atoms with E-state index in [4.69, 9.17) is 9.47 Å². The van der Waals surface area contributed by atoms with E-state index in [-0.39, 0.29) is 5.41 Å². The van der Waals surface area contributed by atoms with E-state index in [1.807, 2.05) is 0 Å². The van der Waals surface area contributed by atoms with E-state index in [0.717, 1.165) is 24.7 Å². The average molecular weight is 406 g/mol. The molecule has 0 radical (unpaired) electrons. The van der Waals surface area contributed by atoms with E-state index >= 15 is 0 Å². The second-order valence-electron chi connectivity index (χ2n) is 9.72. The molecular weight excluding hydrogens is 370 g/mol. The minimum atomic E-state index is 0.198. The summed E-state index contributed by atoms with van der Waals surface area (Å²) in [5.74, 6) is 2.59. The third-order valence-corrected chi connectivity index (χ3v) is 8.04. The fourth-order valence-electron chi connectivity index (χ4n) is 6.02. The maximum absolute atomic E-state index is 6.19. The second-order valence-corrected chi connectivity index (χ2v) is 9.72. The first-order valence-electron chi connectivity index (χ1n) is 11.7. The zero-order valence-electron chi connectivity index (χ0n) is 18.5. The van der Waals surface area contributed by atoms with Crippen molar-refractivity contribution in [1.82, 2.24) is 4.90 Å². The second kappa shape index (κ2) is 8.36. The summed E-state index contributed by atoms with van der Waals surface area (Å²) < 4.78 is 11.8. The van der Waals surface area contributed by atoms with E-state index in [2.05, 4.69) is 60.4 Å². The smallest absolute Gasteiger partial charge is 0.119 e. The molecule has 1 unspecified atom stereocenters. The lowest BCUT2D eigenvalue weighted by atomic mass is 9.56. The summed E-state index contributed by atoms with van der Waals surface area (Å²) in [7, 11) is 1.78. The number of hydrogen-bond acceptors (Lipinski definition) is 3. The number of piperidine rings is 1. The summed E-state index contributed by atoms with van der Waals surface area (Å²) >= 11 is 0. The lowest BCUT2D eigenvalue weighted by molar-refractivity contribution is -0.00214. The van der Waals surface area contributed by atoms with Crippen LogP contribution in [0.25, 0.3) is 0 Å². The van der Waals surface area contributed by atoms with E-state index in [0.29, 0.717) is 18.6 Å². The van der Waals surface area contributed by atoms with Crippen LogP contribution in [0.1, 0.15) is 49.3 Å². The number of nitrogens with zero attached hydrogens (tertiary/aromatic N) is 1. The minimum Gasteiger partial charge on any atom is -0.497 e. The Hall–Kier alpha value is -1.84. The van der Waals surface area contributed by atoms with Crippen LogP contribution in [0.4, 0.5) is 0 Å². The Morgan fingerprint density at radius 1 is 1.10 bits per heavy atom. The van der Waals surface area contributed by atoms with Gasteiger partial charge in [-0.15, -0.1) is 0 Å². The van der Waals surface area contributed by atoms with Crippen molar-refractivity contribution in [3.8, 4) is 5.75 Å². The van der Waals surface area contributed by atoms with E-state index in [1.165, 1.54) is 55.5 Å². The molecule has 0 N–H and O–H groups in total.